The van der Waals surface area contributed by atoms with E-state index in [1.807, 2.05) is 24.3 Å². The Morgan fingerprint density at radius 1 is 1.15 bits per heavy atom. The summed E-state index contributed by atoms with van der Waals surface area (Å²) in [6, 6.07) is 7.66. The molecule has 2 nitrogen and oxygen atoms in total. The van der Waals surface area contributed by atoms with Crippen molar-refractivity contribution < 1.29 is 9.47 Å². The molecule has 0 atom stereocenters. The zero-order chi connectivity index (χ0) is 9.52. The maximum absolute atomic E-state index is 5.46. The van der Waals surface area contributed by atoms with Crippen LogP contribution in [0.3, 0.4) is 0 Å². The first kappa shape index (κ1) is 10.2. The van der Waals surface area contributed by atoms with Gasteiger partial charge in [-0.3, -0.25) is 0 Å². The summed E-state index contributed by atoms with van der Waals surface area (Å²) in [4.78, 5) is 0. The molecule has 0 aliphatic rings. The first-order valence-electron chi connectivity index (χ1n) is 4.29. The molecule has 0 fully saturated rings. The van der Waals surface area contributed by atoms with E-state index in [0.717, 1.165) is 12.2 Å². The SMILES string of the molecule is CCCOc1ccccc1OCCl. The molecular formula is C10H13ClO2. The van der Waals surface area contributed by atoms with Crippen molar-refractivity contribution in [1.82, 2.24) is 0 Å². The van der Waals surface area contributed by atoms with Crippen molar-refractivity contribution >= 4 is 11.6 Å². The van der Waals surface area contributed by atoms with Crippen LogP contribution in [0, 0.1) is 0 Å². The topological polar surface area (TPSA) is 18.5 Å². The molecule has 0 bridgehead atoms. The standard InChI is InChI=1S/C10H13ClO2/c1-2-7-12-9-5-3-4-6-10(9)13-8-11/h3-6H,2,7-8H2,1H3. The van der Waals surface area contributed by atoms with Crippen LogP contribution in [0.5, 0.6) is 11.5 Å². The van der Waals surface area contributed by atoms with E-state index >= 15 is 0 Å². The Bertz CT molecular complexity index is 250. The Morgan fingerprint density at radius 2 is 1.77 bits per heavy atom. The molecule has 0 heterocycles. The molecule has 0 saturated carbocycles. The van der Waals surface area contributed by atoms with Crippen molar-refractivity contribution in [3.8, 4) is 11.5 Å². The normalized spacial score (nSPS) is 9.69. The minimum atomic E-state index is 0.145. The van der Waals surface area contributed by atoms with Gasteiger partial charge in [0.15, 0.2) is 17.6 Å². The van der Waals surface area contributed by atoms with Crippen molar-refractivity contribution in [2.75, 3.05) is 12.7 Å². The summed E-state index contributed by atoms with van der Waals surface area (Å²) >= 11 is 5.46. The van der Waals surface area contributed by atoms with Crippen LogP contribution in [0.25, 0.3) is 0 Å². The van der Waals surface area contributed by atoms with Gasteiger partial charge >= 0.3 is 0 Å². The van der Waals surface area contributed by atoms with Crippen LogP contribution >= 0.6 is 11.6 Å². The average Bonchev–Trinajstić information content (AvgIpc) is 2.17. The van der Waals surface area contributed by atoms with E-state index < -0.39 is 0 Å². The lowest BCUT2D eigenvalue weighted by atomic mass is 10.3. The fourth-order valence-electron chi connectivity index (χ4n) is 0.959. The second-order valence-electron chi connectivity index (χ2n) is 2.55. The minimum absolute atomic E-state index is 0.145. The van der Waals surface area contributed by atoms with Gasteiger partial charge in [-0.15, -0.1) is 0 Å². The average molecular weight is 201 g/mol. The molecule has 0 aromatic heterocycles. The second-order valence-corrected chi connectivity index (χ2v) is 2.77. The predicted octanol–water partition coefficient (Wildman–Crippen LogP) is 3.05. The number of para-hydroxylation sites is 2. The highest BCUT2D eigenvalue weighted by Gasteiger charge is 2.01. The van der Waals surface area contributed by atoms with Gasteiger partial charge in [-0.25, -0.2) is 0 Å². The molecule has 0 aliphatic carbocycles. The van der Waals surface area contributed by atoms with E-state index in [9.17, 15) is 0 Å². The zero-order valence-electron chi connectivity index (χ0n) is 7.63. The summed E-state index contributed by atoms with van der Waals surface area (Å²) < 4.78 is 10.6. The van der Waals surface area contributed by atoms with Crippen molar-refractivity contribution in [1.29, 1.82) is 0 Å². The molecule has 0 N–H and O–H groups in total. The van der Waals surface area contributed by atoms with E-state index in [1.165, 1.54) is 0 Å². The van der Waals surface area contributed by atoms with Crippen LogP contribution in [-0.2, 0) is 0 Å². The third-order valence-corrected chi connectivity index (χ3v) is 1.63. The lowest BCUT2D eigenvalue weighted by Crippen LogP contribution is -1.98. The fourth-order valence-corrected chi connectivity index (χ4v) is 1.08. The Labute approximate surface area is 83.4 Å². The molecule has 3 heteroatoms. The number of hydrogen-bond donors (Lipinski definition) is 0. The highest BCUT2D eigenvalue weighted by atomic mass is 35.5. The number of benzene rings is 1. The van der Waals surface area contributed by atoms with Gasteiger partial charge in [-0.05, 0) is 18.6 Å². The minimum Gasteiger partial charge on any atom is -0.490 e. The van der Waals surface area contributed by atoms with Crippen LogP contribution in [0.2, 0.25) is 0 Å². The molecule has 0 saturated heterocycles. The molecule has 0 spiro atoms. The number of rotatable bonds is 5. The van der Waals surface area contributed by atoms with E-state index in [4.69, 9.17) is 21.1 Å². The van der Waals surface area contributed by atoms with Crippen molar-refractivity contribution in [2.24, 2.45) is 0 Å². The second kappa shape index (κ2) is 5.70. The summed E-state index contributed by atoms with van der Waals surface area (Å²) in [5.74, 6) is 1.45. The third kappa shape index (κ3) is 3.15. The molecule has 0 unspecified atom stereocenters. The highest BCUT2D eigenvalue weighted by Crippen LogP contribution is 2.26. The monoisotopic (exact) mass is 200 g/mol. The van der Waals surface area contributed by atoms with Gasteiger partial charge in [-0.2, -0.15) is 0 Å². The molecule has 1 aromatic carbocycles. The van der Waals surface area contributed by atoms with Gasteiger partial charge < -0.3 is 9.47 Å². The smallest absolute Gasteiger partial charge is 0.163 e. The summed E-state index contributed by atoms with van der Waals surface area (Å²) in [7, 11) is 0. The van der Waals surface area contributed by atoms with Crippen molar-refractivity contribution in [2.45, 2.75) is 13.3 Å². The van der Waals surface area contributed by atoms with Gasteiger partial charge in [0.1, 0.15) is 0 Å². The Morgan fingerprint density at radius 3 is 2.31 bits per heavy atom. The van der Waals surface area contributed by atoms with Crippen molar-refractivity contribution in [3.63, 3.8) is 0 Å². The molecule has 1 rings (SSSR count). The van der Waals surface area contributed by atoms with Gasteiger partial charge in [0, 0.05) is 0 Å². The lowest BCUT2D eigenvalue weighted by molar-refractivity contribution is 0.289. The van der Waals surface area contributed by atoms with Crippen LogP contribution in [0.1, 0.15) is 13.3 Å². The van der Waals surface area contributed by atoms with Gasteiger partial charge in [0.2, 0.25) is 0 Å². The van der Waals surface area contributed by atoms with Gasteiger partial charge in [-0.1, -0.05) is 30.7 Å². The summed E-state index contributed by atoms with van der Waals surface area (Å²) in [5.41, 5.74) is 0. The first-order valence-corrected chi connectivity index (χ1v) is 4.82. The van der Waals surface area contributed by atoms with E-state index in [1.54, 1.807) is 0 Å². The van der Waals surface area contributed by atoms with E-state index in [0.29, 0.717) is 12.4 Å². The molecule has 72 valence electrons. The Balaban J connectivity index is 2.66. The molecule has 13 heavy (non-hydrogen) atoms. The van der Waals surface area contributed by atoms with Gasteiger partial charge in [0.05, 0.1) is 6.61 Å². The largest absolute Gasteiger partial charge is 0.490 e. The van der Waals surface area contributed by atoms with E-state index in [2.05, 4.69) is 6.92 Å². The zero-order valence-corrected chi connectivity index (χ0v) is 8.38. The number of ether oxygens (including phenoxy) is 2. The van der Waals surface area contributed by atoms with Gasteiger partial charge in [0.25, 0.3) is 0 Å². The van der Waals surface area contributed by atoms with Crippen LogP contribution in [0.4, 0.5) is 0 Å². The number of hydrogen-bond acceptors (Lipinski definition) is 2. The molecular weight excluding hydrogens is 188 g/mol. The number of alkyl halides is 1. The molecule has 1 aromatic rings. The third-order valence-electron chi connectivity index (χ3n) is 1.52. The Kier molecular flexibility index (Phi) is 4.47. The van der Waals surface area contributed by atoms with Crippen LogP contribution < -0.4 is 9.47 Å². The molecule has 0 radical (unpaired) electrons. The maximum Gasteiger partial charge on any atom is 0.163 e. The predicted molar refractivity (Wildman–Crippen MR) is 53.6 cm³/mol. The summed E-state index contributed by atoms with van der Waals surface area (Å²) in [6.07, 6.45) is 0.981. The van der Waals surface area contributed by atoms with E-state index in [-0.39, 0.29) is 6.07 Å². The lowest BCUT2D eigenvalue weighted by Gasteiger charge is -2.09. The molecule has 0 aliphatic heterocycles. The van der Waals surface area contributed by atoms with Crippen LogP contribution in [0.15, 0.2) is 24.3 Å². The highest BCUT2D eigenvalue weighted by molar-refractivity contribution is 6.17. The Hall–Kier alpha value is -0.890. The quantitative estimate of drug-likeness (QED) is 0.681. The summed E-state index contributed by atoms with van der Waals surface area (Å²) in [5, 5.41) is 0. The summed E-state index contributed by atoms with van der Waals surface area (Å²) in [6.45, 7) is 2.76. The fraction of sp³-hybridized carbons (Fsp3) is 0.400. The number of halogens is 1. The maximum atomic E-state index is 5.46. The van der Waals surface area contributed by atoms with Crippen LogP contribution in [-0.4, -0.2) is 12.7 Å². The molecule has 0 amide bonds. The van der Waals surface area contributed by atoms with Crippen molar-refractivity contribution in [3.05, 3.63) is 24.3 Å². The first-order chi connectivity index (χ1) is 6.38.